The van der Waals surface area contributed by atoms with E-state index in [-0.39, 0.29) is 6.29 Å². The van der Waals surface area contributed by atoms with Crippen LogP contribution in [-0.4, -0.2) is 19.1 Å². The standard InChI is InChI=1S/C6H9NO2/c1-2-5-4-7-9-6(5)8-3-1/h4-6H,1-3H2. The minimum atomic E-state index is -0.0567. The topological polar surface area (TPSA) is 30.8 Å². The van der Waals surface area contributed by atoms with Crippen LogP contribution in [0, 0.1) is 5.92 Å². The van der Waals surface area contributed by atoms with E-state index in [1.54, 1.807) is 0 Å². The largest absolute Gasteiger partial charge is 0.363 e. The molecule has 50 valence electrons. The Hall–Kier alpha value is -0.570. The van der Waals surface area contributed by atoms with E-state index >= 15 is 0 Å². The van der Waals surface area contributed by atoms with E-state index in [2.05, 4.69) is 5.16 Å². The fraction of sp³-hybridized carbons (Fsp3) is 0.833. The van der Waals surface area contributed by atoms with Gasteiger partial charge < -0.3 is 9.57 Å². The van der Waals surface area contributed by atoms with Gasteiger partial charge in [-0.2, -0.15) is 0 Å². The van der Waals surface area contributed by atoms with Gasteiger partial charge in [-0.05, 0) is 12.8 Å². The Labute approximate surface area is 53.6 Å². The van der Waals surface area contributed by atoms with Gasteiger partial charge in [-0.25, -0.2) is 0 Å². The zero-order chi connectivity index (χ0) is 6.10. The predicted molar refractivity (Wildman–Crippen MR) is 32.0 cm³/mol. The van der Waals surface area contributed by atoms with Gasteiger partial charge in [0.15, 0.2) is 0 Å². The summed E-state index contributed by atoms with van der Waals surface area (Å²) in [4.78, 5) is 4.90. The molecule has 2 aliphatic heterocycles. The Morgan fingerprint density at radius 1 is 1.56 bits per heavy atom. The number of hydrogen-bond acceptors (Lipinski definition) is 3. The molecule has 0 bridgehead atoms. The second kappa shape index (κ2) is 1.99. The Balaban J connectivity index is 2.03. The zero-order valence-electron chi connectivity index (χ0n) is 5.12. The summed E-state index contributed by atoms with van der Waals surface area (Å²) in [5, 5.41) is 3.68. The molecule has 2 atom stereocenters. The zero-order valence-corrected chi connectivity index (χ0v) is 5.12. The van der Waals surface area contributed by atoms with Gasteiger partial charge in [0.1, 0.15) is 0 Å². The molecule has 2 heterocycles. The third kappa shape index (κ3) is 0.812. The van der Waals surface area contributed by atoms with E-state index in [9.17, 15) is 0 Å². The lowest BCUT2D eigenvalue weighted by Crippen LogP contribution is -2.27. The average molecular weight is 127 g/mol. The smallest absolute Gasteiger partial charge is 0.234 e. The van der Waals surface area contributed by atoms with E-state index in [0.29, 0.717) is 5.92 Å². The average Bonchev–Trinajstić information content (AvgIpc) is 2.33. The summed E-state index contributed by atoms with van der Waals surface area (Å²) in [6, 6.07) is 0. The molecule has 2 rings (SSSR count). The Bertz CT molecular complexity index is 135. The van der Waals surface area contributed by atoms with Gasteiger partial charge in [0.2, 0.25) is 6.29 Å². The number of oxime groups is 1. The minimum absolute atomic E-state index is 0.0567. The van der Waals surface area contributed by atoms with Crippen LogP contribution < -0.4 is 0 Å². The van der Waals surface area contributed by atoms with Crippen LogP contribution in [0.15, 0.2) is 5.16 Å². The van der Waals surface area contributed by atoms with E-state index in [4.69, 9.17) is 9.57 Å². The lowest BCUT2D eigenvalue weighted by Gasteiger charge is -2.21. The second-order valence-corrected chi connectivity index (χ2v) is 2.41. The number of rotatable bonds is 0. The van der Waals surface area contributed by atoms with Crippen LogP contribution >= 0.6 is 0 Å². The van der Waals surface area contributed by atoms with Crippen molar-refractivity contribution in [2.24, 2.45) is 11.1 Å². The Kier molecular flexibility index (Phi) is 1.16. The fourth-order valence-corrected chi connectivity index (χ4v) is 1.20. The highest BCUT2D eigenvalue weighted by atomic mass is 16.8. The van der Waals surface area contributed by atoms with Crippen molar-refractivity contribution in [3.8, 4) is 0 Å². The van der Waals surface area contributed by atoms with Crippen molar-refractivity contribution in [2.75, 3.05) is 6.61 Å². The third-order valence-corrected chi connectivity index (χ3v) is 1.73. The maximum atomic E-state index is 5.25. The molecular weight excluding hydrogens is 118 g/mol. The first-order valence-electron chi connectivity index (χ1n) is 3.28. The Morgan fingerprint density at radius 2 is 2.56 bits per heavy atom. The van der Waals surface area contributed by atoms with Gasteiger partial charge in [0.05, 0.1) is 18.7 Å². The molecule has 0 spiro atoms. The van der Waals surface area contributed by atoms with Gasteiger partial charge in [-0.15, -0.1) is 0 Å². The molecule has 0 aromatic rings. The highest BCUT2D eigenvalue weighted by Crippen LogP contribution is 2.23. The molecule has 0 amide bonds. The number of fused-ring (bicyclic) bond motifs is 1. The molecule has 1 fully saturated rings. The molecule has 0 radical (unpaired) electrons. The van der Waals surface area contributed by atoms with Crippen LogP contribution in [0.2, 0.25) is 0 Å². The number of nitrogens with zero attached hydrogens (tertiary/aromatic N) is 1. The molecule has 3 heteroatoms. The maximum Gasteiger partial charge on any atom is 0.234 e. The van der Waals surface area contributed by atoms with Crippen molar-refractivity contribution in [3.63, 3.8) is 0 Å². The van der Waals surface area contributed by atoms with Gasteiger partial charge in [-0.3, -0.25) is 0 Å². The summed E-state index contributed by atoms with van der Waals surface area (Å²) in [7, 11) is 0. The van der Waals surface area contributed by atoms with Crippen molar-refractivity contribution in [1.29, 1.82) is 0 Å². The van der Waals surface area contributed by atoms with E-state index in [1.165, 1.54) is 0 Å². The molecule has 2 unspecified atom stereocenters. The SMILES string of the molecule is C1=NOC2OCCCC12. The molecule has 0 aromatic carbocycles. The monoisotopic (exact) mass is 127 g/mol. The number of hydrogen-bond donors (Lipinski definition) is 0. The van der Waals surface area contributed by atoms with Crippen LogP contribution in [0.4, 0.5) is 0 Å². The summed E-state index contributed by atoms with van der Waals surface area (Å²) in [6.45, 7) is 0.824. The van der Waals surface area contributed by atoms with Crippen molar-refractivity contribution in [3.05, 3.63) is 0 Å². The van der Waals surface area contributed by atoms with Crippen molar-refractivity contribution in [1.82, 2.24) is 0 Å². The van der Waals surface area contributed by atoms with Crippen LogP contribution in [0.1, 0.15) is 12.8 Å². The van der Waals surface area contributed by atoms with Crippen molar-refractivity contribution in [2.45, 2.75) is 19.1 Å². The number of ether oxygens (including phenoxy) is 1. The van der Waals surface area contributed by atoms with Gasteiger partial charge in [-0.1, -0.05) is 5.16 Å². The maximum absolute atomic E-state index is 5.25. The van der Waals surface area contributed by atoms with Crippen LogP contribution in [0.5, 0.6) is 0 Å². The normalized spacial score (nSPS) is 40.0. The summed E-state index contributed by atoms with van der Waals surface area (Å²) in [6.07, 6.45) is 4.08. The Morgan fingerprint density at radius 3 is 3.44 bits per heavy atom. The van der Waals surface area contributed by atoms with Crippen LogP contribution in [0.25, 0.3) is 0 Å². The molecule has 0 N–H and O–H groups in total. The molecule has 3 nitrogen and oxygen atoms in total. The summed E-state index contributed by atoms with van der Waals surface area (Å²) in [5.41, 5.74) is 0. The van der Waals surface area contributed by atoms with Crippen LogP contribution in [-0.2, 0) is 9.57 Å². The molecular formula is C6H9NO2. The highest BCUT2D eigenvalue weighted by Gasteiger charge is 2.29. The van der Waals surface area contributed by atoms with Crippen molar-refractivity contribution >= 4 is 6.21 Å². The fourth-order valence-electron chi connectivity index (χ4n) is 1.20. The van der Waals surface area contributed by atoms with Crippen molar-refractivity contribution < 1.29 is 9.57 Å². The molecule has 0 saturated carbocycles. The lowest BCUT2D eigenvalue weighted by atomic mass is 10.0. The molecule has 0 aliphatic carbocycles. The highest BCUT2D eigenvalue weighted by molar-refractivity contribution is 5.62. The van der Waals surface area contributed by atoms with Gasteiger partial charge in [0.25, 0.3) is 0 Å². The molecule has 1 saturated heterocycles. The van der Waals surface area contributed by atoms with Gasteiger partial charge >= 0.3 is 0 Å². The minimum Gasteiger partial charge on any atom is -0.363 e. The summed E-state index contributed by atoms with van der Waals surface area (Å²) >= 11 is 0. The summed E-state index contributed by atoms with van der Waals surface area (Å²) < 4.78 is 5.25. The molecule has 9 heavy (non-hydrogen) atoms. The van der Waals surface area contributed by atoms with Gasteiger partial charge in [0, 0.05) is 0 Å². The second-order valence-electron chi connectivity index (χ2n) is 2.41. The van der Waals surface area contributed by atoms with E-state index in [1.807, 2.05) is 6.21 Å². The molecule has 2 aliphatic rings. The first-order chi connectivity index (χ1) is 4.47. The first kappa shape index (κ1) is 5.23. The third-order valence-electron chi connectivity index (χ3n) is 1.73. The molecule has 0 aromatic heterocycles. The summed E-state index contributed by atoms with van der Waals surface area (Å²) in [5.74, 6) is 0.429. The van der Waals surface area contributed by atoms with E-state index in [0.717, 1.165) is 19.4 Å². The first-order valence-corrected chi connectivity index (χ1v) is 3.28. The van der Waals surface area contributed by atoms with E-state index < -0.39 is 0 Å². The van der Waals surface area contributed by atoms with Crippen LogP contribution in [0.3, 0.4) is 0 Å². The quantitative estimate of drug-likeness (QED) is 0.481. The predicted octanol–water partition coefficient (Wildman–Crippen LogP) is 0.755. The lowest BCUT2D eigenvalue weighted by molar-refractivity contribution is -0.162.